The Labute approximate surface area is 219 Å². The highest BCUT2D eigenvalue weighted by Gasteiger charge is 2.43. The number of amides is 3. The van der Waals surface area contributed by atoms with Gasteiger partial charge in [-0.25, -0.2) is 0 Å². The Morgan fingerprint density at radius 2 is 1.47 bits per heavy atom. The first kappa shape index (κ1) is 25.7. The van der Waals surface area contributed by atoms with Gasteiger partial charge >= 0.3 is 0 Å². The third kappa shape index (κ3) is 5.54. The number of hydrogen-bond donors (Lipinski definition) is 2. The summed E-state index contributed by atoms with van der Waals surface area (Å²) in [5.41, 5.74) is 9.26. The van der Waals surface area contributed by atoms with E-state index in [9.17, 15) is 14.4 Å². The van der Waals surface area contributed by atoms with Crippen LogP contribution in [0.2, 0.25) is 10.0 Å². The summed E-state index contributed by atoms with van der Waals surface area (Å²) >= 11 is 12.1. The molecule has 0 radical (unpaired) electrons. The molecule has 9 heteroatoms. The van der Waals surface area contributed by atoms with Gasteiger partial charge in [0.25, 0.3) is 17.7 Å². The maximum Gasteiger partial charge on any atom is 0.264 e. The van der Waals surface area contributed by atoms with Crippen molar-refractivity contribution in [2.24, 2.45) is 5.73 Å². The summed E-state index contributed by atoms with van der Waals surface area (Å²) < 4.78 is 0. The highest BCUT2D eigenvalue weighted by atomic mass is 35.5. The van der Waals surface area contributed by atoms with Crippen LogP contribution in [0.4, 0.5) is 0 Å². The standard InChI is InChI=1S/C27H26Cl2N4O3/c1-17-5-7-20(8-6-17)26(35)32-11-12-33(27(36)21-9-10-22(28)23(29)14-21)25(32)24(34)31-16-19-4-2-3-18(13-19)15-30/h2-10,13-14,25H,11-12,15-16,30H2,1H3,(H,31,34). The average molecular weight is 525 g/mol. The number of nitrogens with one attached hydrogen (secondary N) is 1. The zero-order valence-electron chi connectivity index (χ0n) is 19.7. The number of aryl methyl sites for hydroxylation is 1. The summed E-state index contributed by atoms with van der Waals surface area (Å²) in [6.07, 6.45) is -1.13. The number of nitrogens with two attached hydrogens (primary N) is 1. The molecule has 0 bridgehead atoms. The Balaban J connectivity index is 1.61. The fraction of sp³-hybridized carbons (Fsp3) is 0.222. The van der Waals surface area contributed by atoms with Crippen LogP contribution in [0.3, 0.4) is 0 Å². The van der Waals surface area contributed by atoms with E-state index in [1.165, 1.54) is 21.9 Å². The molecule has 7 nitrogen and oxygen atoms in total. The van der Waals surface area contributed by atoms with Gasteiger partial charge in [-0.05, 0) is 48.4 Å². The predicted molar refractivity (Wildman–Crippen MR) is 140 cm³/mol. The van der Waals surface area contributed by atoms with E-state index in [1.54, 1.807) is 18.2 Å². The minimum atomic E-state index is -1.13. The molecule has 186 valence electrons. The smallest absolute Gasteiger partial charge is 0.264 e. The fourth-order valence-electron chi connectivity index (χ4n) is 4.14. The van der Waals surface area contributed by atoms with Crippen LogP contribution in [-0.2, 0) is 17.9 Å². The zero-order chi connectivity index (χ0) is 25.8. The van der Waals surface area contributed by atoms with E-state index in [1.807, 2.05) is 43.3 Å². The second kappa shape index (κ2) is 11.1. The second-order valence-electron chi connectivity index (χ2n) is 8.61. The monoisotopic (exact) mass is 524 g/mol. The van der Waals surface area contributed by atoms with E-state index < -0.39 is 18.0 Å². The molecule has 1 heterocycles. The second-order valence-corrected chi connectivity index (χ2v) is 9.42. The molecule has 36 heavy (non-hydrogen) atoms. The molecule has 1 aliphatic heterocycles. The van der Waals surface area contributed by atoms with Gasteiger partial charge < -0.3 is 20.9 Å². The fourth-order valence-corrected chi connectivity index (χ4v) is 4.44. The number of carbonyl (C=O) groups excluding carboxylic acids is 3. The molecule has 3 amide bonds. The highest BCUT2D eigenvalue weighted by molar-refractivity contribution is 6.42. The maximum absolute atomic E-state index is 13.5. The normalized spacial score (nSPS) is 15.2. The summed E-state index contributed by atoms with van der Waals surface area (Å²) in [5, 5.41) is 3.43. The third-order valence-electron chi connectivity index (χ3n) is 6.09. The van der Waals surface area contributed by atoms with Crippen LogP contribution < -0.4 is 11.1 Å². The van der Waals surface area contributed by atoms with E-state index in [0.717, 1.165) is 16.7 Å². The van der Waals surface area contributed by atoms with Crippen molar-refractivity contribution in [2.75, 3.05) is 13.1 Å². The number of hydrogen-bond acceptors (Lipinski definition) is 4. The van der Waals surface area contributed by atoms with Gasteiger partial charge in [0.1, 0.15) is 0 Å². The van der Waals surface area contributed by atoms with Crippen LogP contribution in [0.25, 0.3) is 0 Å². The lowest BCUT2D eigenvalue weighted by atomic mass is 10.1. The number of rotatable bonds is 6. The Hall–Kier alpha value is -3.39. The Morgan fingerprint density at radius 3 is 2.11 bits per heavy atom. The predicted octanol–water partition coefficient (Wildman–Crippen LogP) is 4.00. The van der Waals surface area contributed by atoms with Crippen molar-refractivity contribution in [1.29, 1.82) is 0 Å². The zero-order valence-corrected chi connectivity index (χ0v) is 21.2. The molecule has 1 atom stereocenters. The van der Waals surface area contributed by atoms with Gasteiger partial charge in [-0.2, -0.15) is 0 Å². The average Bonchev–Trinajstić information content (AvgIpc) is 3.34. The molecule has 1 unspecified atom stereocenters. The first-order chi connectivity index (χ1) is 17.3. The van der Waals surface area contributed by atoms with Gasteiger partial charge in [0, 0.05) is 37.3 Å². The minimum Gasteiger partial charge on any atom is -0.349 e. The summed E-state index contributed by atoms with van der Waals surface area (Å²) in [6.45, 7) is 2.94. The molecule has 1 saturated heterocycles. The van der Waals surface area contributed by atoms with Gasteiger partial charge in [-0.3, -0.25) is 14.4 Å². The summed E-state index contributed by atoms with van der Waals surface area (Å²) in [6, 6.07) is 19.2. The molecule has 4 rings (SSSR count). The summed E-state index contributed by atoms with van der Waals surface area (Å²) in [7, 11) is 0. The van der Waals surface area contributed by atoms with Crippen molar-refractivity contribution in [3.05, 3.63) is 105 Å². The van der Waals surface area contributed by atoms with E-state index in [4.69, 9.17) is 28.9 Å². The maximum atomic E-state index is 13.5. The van der Waals surface area contributed by atoms with Gasteiger partial charge in [0.15, 0.2) is 6.17 Å². The van der Waals surface area contributed by atoms with Crippen LogP contribution in [0.1, 0.15) is 37.4 Å². The number of halogens is 2. The Kier molecular flexibility index (Phi) is 7.94. The number of benzene rings is 3. The molecular formula is C27H26Cl2N4O3. The highest BCUT2D eigenvalue weighted by Crippen LogP contribution is 2.26. The van der Waals surface area contributed by atoms with Crippen molar-refractivity contribution in [3.63, 3.8) is 0 Å². The minimum absolute atomic E-state index is 0.192. The molecule has 0 aliphatic carbocycles. The lowest BCUT2D eigenvalue weighted by molar-refractivity contribution is -0.128. The largest absolute Gasteiger partial charge is 0.349 e. The molecule has 3 aromatic rings. The van der Waals surface area contributed by atoms with Crippen LogP contribution in [0.5, 0.6) is 0 Å². The van der Waals surface area contributed by atoms with Crippen molar-refractivity contribution in [2.45, 2.75) is 26.2 Å². The summed E-state index contributed by atoms with van der Waals surface area (Å²) in [4.78, 5) is 43.1. The van der Waals surface area contributed by atoms with E-state index in [0.29, 0.717) is 17.1 Å². The molecule has 0 spiro atoms. The van der Waals surface area contributed by atoms with Gasteiger partial charge in [0.2, 0.25) is 0 Å². The summed E-state index contributed by atoms with van der Waals surface area (Å²) in [5.74, 6) is -1.21. The van der Waals surface area contributed by atoms with Crippen molar-refractivity contribution < 1.29 is 14.4 Å². The topological polar surface area (TPSA) is 95.7 Å². The molecule has 1 fully saturated rings. The van der Waals surface area contributed by atoms with E-state index in [2.05, 4.69) is 5.32 Å². The van der Waals surface area contributed by atoms with Crippen molar-refractivity contribution >= 4 is 40.9 Å². The van der Waals surface area contributed by atoms with Crippen LogP contribution in [-0.4, -0.2) is 46.8 Å². The number of carbonyl (C=O) groups is 3. The van der Waals surface area contributed by atoms with Crippen molar-refractivity contribution in [3.8, 4) is 0 Å². The Morgan fingerprint density at radius 1 is 0.861 bits per heavy atom. The van der Waals surface area contributed by atoms with Crippen molar-refractivity contribution in [1.82, 2.24) is 15.1 Å². The Bertz CT molecular complexity index is 1300. The van der Waals surface area contributed by atoms with Crippen LogP contribution >= 0.6 is 23.2 Å². The van der Waals surface area contributed by atoms with Gasteiger partial charge in [0.05, 0.1) is 10.0 Å². The van der Waals surface area contributed by atoms with E-state index in [-0.39, 0.29) is 36.1 Å². The molecule has 0 aromatic heterocycles. The number of nitrogens with zero attached hydrogens (tertiary/aromatic N) is 2. The van der Waals surface area contributed by atoms with Gasteiger partial charge in [-0.15, -0.1) is 0 Å². The SMILES string of the molecule is Cc1ccc(C(=O)N2CCN(C(=O)c3ccc(Cl)c(Cl)c3)C2C(=O)NCc2cccc(CN)c2)cc1. The van der Waals surface area contributed by atoms with Gasteiger partial charge in [-0.1, -0.05) is 65.2 Å². The first-order valence-corrected chi connectivity index (χ1v) is 12.2. The lowest BCUT2D eigenvalue weighted by Gasteiger charge is -2.29. The van der Waals surface area contributed by atoms with E-state index >= 15 is 0 Å². The third-order valence-corrected chi connectivity index (χ3v) is 6.83. The molecule has 0 saturated carbocycles. The molecule has 1 aliphatic rings. The quantitative estimate of drug-likeness (QED) is 0.509. The molecule has 3 aromatic carbocycles. The first-order valence-electron chi connectivity index (χ1n) is 11.5. The van der Waals surface area contributed by atoms with Crippen LogP contribution in [0, 0.1) is 6.92 Å². The van der Waals surface area contributed by atoms with Crippen LogP contribution in [0.15, 0.2) is 66.7 Å². The molecular weight excluding hydrogens is 499 g/mol. The molecule has 3 N–H and O–H groups in total. The lowest BCUT2D eigenvalue weighted by Crippen LogP contribution is -2.53.